The maximum absolute atomic E-state index is 5.98. The summed E-state index contributed by atoms with van der Waals surface area (Å²) in [5, 5.41) is 1.68. The van der Waals surface area contributed by atoms with Crippen LogP contribution in [0.25, 0.3) is 22.3 Å². The van der Waals surface area contributed by atoms with Crippen LogP contribution in [0.1, 0.15) is 5.69 Å². The van der Waals surface area contributed by atoms with Crippen LogP contribution in [0.5, 0.6) is 0 Å². The lowest BCUT2D eigenvalue weighted by Gasteiger charge is -2.05. The van der Waals surface area contributed by atoms with Gasteiger partial charge in [-0.25, -0.2) is 9.97 Å². The molecule has 0 aliphatic rings. The molecule has 3 aromatic rings. The fourth-order valence-electron chi connectivity index (χ4n) is 1.88. The van der Waals surface area contributed by atoms with Gasteiger partial charge in [0.1, 0.15) is 0 Å². The Hall–Kier alpha value is -2.00. The fraction of sp³-hybridized carbons (Fsp3) is 0.0714. The van der Waals surface area contributed by atoms with Crippen LogP contribution in [-0.4, -0.2) is 15.0 Å². The topological polar surface area (TPSA) is 38.7 Å². The molecule has 0 saturated heterocycles. The Labute approximate surface area is 109 Å². The predicted octanol–water partition coefficient (Wildman–Crippen LogP) is 3.65. The lowest BCUT2D eigenvalue weighted by molar-refractivity contribution is 1.15. The third-order valence-corrected chi connectivity index (χ3v) is 3.00. The molecule has 0 aliphatic carbocycles. The number of aryl methyl sites for hydroxylation is 1. The largest absolute Gasteiger partial charge is 0.264 e. The summed E-state index contributed by atoms with van der Waals surface area (Å²) in [7, 11) is 0. The van der Waals surface area contributed by atoms with Crippen molar-refractivity contribution >= 4 is 22.5 Å². The number of aromatic nitrogens is 3. The standard InChI is InChI=1S/C14H10ClN3/c1-9-12-7-11(15)4-5-13(12)18-14(17-9)10-3-2-6-16-8-10/h2-8H,1H3. The minimum Gasteiger partial charge on any atom is -0.264 e. The third kappa shape index (κ3) is 1.93. The van der Waals surface area contributed by atoms with E-state index in [9.17, 15) is 0 Å². The second kappa shape index (κ2) is 4.35. The van der Waals surface area contributed by atoms with E-state index < -0.39 is 0 Å². The van der Waals surface area contributed by atoms with Gasteiger partial charge in [0, 0.05) is 34.1 Å². The molecule has 0 amide bonds. The summed E-state index contributed by atoms with van der Waals surface area (Å²) in [5.41, 5.74) is 2.73. The van der Waals surface area contributed by atoms with Gasteiger partial charge in [0.25, 0.3) is 0 Å². The summed E-state index contributed by atoms with van der Waals surface area (Å²) in [6.07, 6.45) is 3.49. The molecule has 2 heterocycles. The molecule has 0 bridgehead atoms. The van der Waals surface area contributed by atoms with Gasteiger partial charge in [0.05, 0.1) is 5.52 Å². The Morgan fingerprint density at radius 1 is 1.11 bits per heavy atom. The molecule has 0 radical (unpaired) electrons. The molecule has 0 spiro atoms. The zero-order valence-corrected chi connectivity index (χ0v) is 10.5. The number of hydrogen-bond acceptors (Lipinski definition) is 3. The van der Waals surface area contributed by atoms with E-state index in [-0.39, 0.29) is 0 Å². The highest BCUT2D eigenvalue weighted by molar-refractivity contribution is 6.31. The number of halogens is 1. The lowest BCUT2D eigenvalue weighted by Crippen LogP contribution is -1.94. The molecule has 1 aromatic carbocycles. The molecule has 0 atom stereocenters. The molecule has 4 heteroatoms. The summed E-state index contributed by atoms with van der Waals surface area (Å²) >= 11 is 5.98. The summed E-state index contributed by atoms with van der Waals surface area (Å²) in [5.74, 6) is 0.690. The van der Waals surface area contributed by atoms with Crippen molar-refractivity contribution in [1.29, 1.82) is 0 Å². The zero-order valence-electron chi connectivity index (χ0n) is 9.76. The molecule has 0 fully saturated rings. The molecular weight excluding hydrogens is 246 g/mol. The van der Waals surface area contributed by atoms with E-state index in [0.717, 1.165) is 22.2 Å². The maximum Gasteiger partial charge on any atom is 0.161 e. The molecule has 0 unspecified atom stereocenters. The zero-order chi connectivity index (χ0) is 12.5. The Bertz CT molecular complexity index is 711. The first kappa shape index (κ1) is 11.1. The molecule has 0 aliphatic heterocycles. The second-order valence-electron chi connectivity index (χ2n) is 4.04. The van der Waals surface area contributed by atoms with Gasteiger partial charge >= 0.3 is 0 Å². The number of nitrogens with zero attached hydrogens (tertiary/aromatic N) is 3. The van der Waals surface area contributed by atoms with Crippen LogP contribution in [0.4, 0.5) is 0 Å². The Morgan fingerprint density at radius 3 is 2.78 bits per heavy atom. The van der Waals surface area contributed by atoms with Crippen LogP contribution >= 0.6 is 11.6 Å². The Morgan fingerprint density at radius 2 is 2.00 bits per heavy atom. The molecular formula is C14H10ClN3. The van der Waals surface area contributed by atoms with Crippen LogP contribution < -0.4 is 0 Å². The van der Waals surface area contributed by atoms with E-state index in [0.29, 0.717) is 10.8 Å². The Kier molecular flexibility index (Phi) is 2.68. The number of fused-ring (bicyclic) bond motifs is 1. The monoisotopic (exact) mass is 255 g/mol. The van der Waals surface area contributed by atoms with E-state index in [1.807, 2.05) is 37.3 Å². The summed E-state index contributed by atoms with van der Waals surface area (Å²) < 4.78 is 0. The highest BCUT2D eigenvalue weighted by atomic mass is 35.5. The average Bonchev–Trinajstić information content (AvgIpc) is 2.40. The average molecular weight is 256 g/mol. The Balaban J connectivity index is 2.25. The maximum atomic E-state index is 5.98. The van der Waals surface area contributed by atoms with E-state index in [4.69, 9.17) is 11.6 Å². The van der Waals surface area contributed by atoms with Crippen molar-refractivity contribution in [3.8, 4) is 11.4 Å². The van der Waals surface area contributed by atoms with Gasteiger partial charge in [-0.2, -0.15) is 0 Å². The van der Waals surface area contributed by atoms with Crippen molar-refractivity contribution < 1.29 is 0 Å². The van der Waals surface area contributed by atoms with E-state index in [2.05, 4.69) is 15.0 Å². The number of rotatable bonds is 1. The van der Waals surface area contributed by atoms with E-state index in [1.165, 1.54) is 0 Å². The first-order chi connectivity index (χ1) is 8.74. The van der Waals surface area contributed by atoms with Gasteiger partial charge in [-0.1, -0.05) is 11.6 Å². The SMILES string of the molecule is Cc1nc(-c2cccnc2)nc2ccc(Cl)cc12. The van der Waals surface area contributed by atoms with E-state index >= 15 is 0 Å². The molecule has 3 nitrogen and oxygen atoms in total. The van der Waals surface area contributed by atoms with Crippen molar-refractivity contribution in [3.63, 3.8) is 0 Å². The van der Waals surface area contributed by atoms with Gasteiger partial charge in [0.2, 0.25) is 0 Å². The van der Waals surface area contributed by atoms with Crippen molar-refractivity contribution in [2.45, 2.75) is 6.92 Å². The smallest absolute Gasteiger partial charge is 0.161 e. The predicted molar refractivity (Wildman–Crippen MR) is 72.5 cm³/mol. The summed E-state index contributed by atoms with van der Waals surface area (Å²) in [6, 6.07) is 9.46. The van der Waals surface area contributed by atoms with Crippen LogP contribution in [0, 0.1) is 6.92 Å². The van der Waals surface area contributed by atoms with Gasteiger partial charge in [-0.3, -0.25) is 4.98 Å². The lowest BCUT2D eigenvalue weighted by atomic mass is 10.2. The minimum atomic E-state index is 0.690. The molecule has 0 N–H and O–H groups in total. The van der Waals surface area contributed by atoms with Crippen molar-refractivity contribution in [3.05, 3.63) is 53.4 Å². The van der Waals surface area contributed by atoms with Crippen LogP contribution in [0.15, 0.2) is 42.7 Å². The fourth-order valence-corrected chi connectivity index (χ4v) is 2.05. The minimum absolute atomic E-state index is 0.690. The van der Waals surface area contributed by atoms with Crippen molar-refractivity contribution in [1.82, 2.24) is 15.0 Å². The molecule has 0 saturated carbocycles. The normalized spacial score (nSPS) is 10.8. The van der Waals surface area contributed by atoms with Gasteiger partial charge < -0.3 is 0 Å². The highest BCUT2D eigenvalue weighted by Crippen LogP contribution is 2.23. The van der Waals surface area contributed by atoms with Gasteiger partial charge in [-0.05, 0) is 37.3 Å². The highest BCUT2D eigenvalue weighted by Gasteiger charge is 2.06. The molecule has 2 aromatic heterocycles. The van der Waals surface area contributed by atoms with Crippen LogP contribution in [0.3, 0.4) is 0 Å². The number of hydrogen-bond donors (Lipinski definition) is 0. The number of pyridine rings is 1. The molecule has 88 valence electrons. The molecule has 3 rings (SSSR count). The third-order valence-electron chi connectivity index (χ3n) is 2.77. The van der Waals surface area contributed by atoms with Crippen LogP contribution in [0.2, 0.25) is 5.02 Å². The van der Waals surface area contributed by atoms with Crippen LogP contribution in [-0.2, 0) is 0 Å². The van der Waals surface area contributed by atoms with Crippen molar-refractivity contribution in [2.75, 3.05) is 0 Å². The van der Waals surface area contributed by atoms with E-state index in [1.54, 1.807) is 12.4 Å². The first-order valence-corrected chi connectivity index (χ1v) is 5.96. The summed E-state index contributed by atoms with van der Waals surface area (Å²) in [4.78, 5) is 13.1. The van der Waals surface area contributed by atoms with Gasteiger partial charge in [0.15, 0.2) is 5.82 Å². The van der Waals surface area contributed by atoms with Gasteiger partial charge in [-0.15, -0.1) is 0 Å². The second-order valence-corrected chi connectivity index (χ2v) is 4.47. The van der Waals surface area contributed by atoms with Crippen molar-refractivity contribution in [2.24, 2.45) is 0 Å². The number of benzene rings is 1. The quantitative estimate of drug-likeness (QED) is 0.666. The molecule has 18 heavy (non-hydrogen) atoms. The summed E-state index contributed by atoms with van der Waals surface area (Å²) in [6.45, 7) is 1.96. The first-order valence-electron chi connectivity index (χ1n) is 5.58.